The molecule has 8 nitrogen and oxygen atoms in total. The van der Waals surface area contributed by atoms with Crippen molar-refractivity contribution in [2.24, 2.45) is 0 Å². The monoisotopic (exact) mass is 437 g/mol. The summed E-state index contributed by atoms with van der Waals surface area (Å²) in [6.45, 7) is 2.10. The van der Waals surface area contributed by atoms with Gasteiger partial charge >= 0.3 is 0 Å². The molecule has 1 aromatic carbocycles. The van der Waals surface area contributed by atoms with Crippen LogP contribution in [0.4, 0.5) is 5.95 Å². The number of fused-ring (bicyclic) bond motifs is 4. The summed E-state index contributed by atoms with van der Waals surface area (Å²) in [5.41, 5.74) is 2.02. The van der Waals surface area contributed by atoms with Gasteiger partial charge in [0.15, 0.2) is 5.78 Å². The number of pyridine rings is 1. The largest absolute Gasteiger partial charge is 0.337 e. The van der Waals surface area contributed by atoms with Crippen molar-refractivity contribution in [3.8, 4) is 0 Å². The Morgan fingerprint density at radius 2 is 1.45 bits per heavy atom. The summed E-state index contributed by atoms with van der Waals surface area (Å²) < 4.78 is 1.67. The quantitative estimate of drug-likeness (QED) is 0.422. The van der Waals surface area contributed by atoms with Crippen molar-refractivity contribution in [3.63, 3.8) is 0 Å². The van der Waals surface area contributed by atoms with Crippen molar-refractivity contribution in [1.29, 1.82) is 0 Å². The number of nitrogens with zero attached hydrogens (tertiary/aromatic N) is 5. The Labute approximate surface area is 189 Å². The predicted octanol–water partition coefficient (Wildman–Crippen LogP) is 2.47. The summed E-state index contributed by atoms with van der Waals surface area (Å²) >= 11 is 0. The minimum Gasteiger partial charge on any atom is -0.337 e. The average molecular weight is 437 g/mol. The highest BCUT2D eigenvalue weighted by Gasteiger charge is 2.39. The second-order valence-electron chi connectivity index (χ2n) is 8.09. The normalized spacial score (nSPS) is 15.5. The van der Waals surface area contributed by atoms with Crippen molar-refractivity contribution in [2.45, 2.75) is 0 Å². The summed E-state index contributed by atoms with van der Waals surface area (Å²) in [5.74, 6) is -0.141. The molecule has 1 aliphatic carbocycles. The van der Waals surface area contributed by atoms with Crippen molar-refractivity contribution in [1.82, 2.24) is 19.3 Å². The molecule has 33 heavy (non-hydrogen) atoms. The van der Waals surface area contributed by atoms with Crippen LogP contribution < -0.4 is 4.90 Å². The zero-order chi connectivity index (χ0) is 22.5. The molecule has 0 saturated carbocycles. The summed E-state index contributed by atoms with van der Waals surface area (Å²) in [4.78, 5) is 53.0. The fraction of sp³-hybridized carbons (Fsp3) is 0.160. The van der Waals surface area contributed by atoms with Gasteiger partial charge in [-0.05, 0) is 18.2 Å². The van der Waals surface area contributed by atoms with Crippen LogP contribution in [0.1, 0.15) is 42.3 Å². The Kier molecular flexibility index (Phi) is 4.33. The average Bonchev–Trinajstić information content (AvgIpc) is 3.23. The highest BCUT2D eigenvalue weighted by atomic mass is 16.2. The van der Waals surface area contributed by atoms with Gasteiger partial charge in [-0.15, -0.1) is 0 Å². The first-order valence-electron chi connectivity index (χ1n) is 10.8. The third kappa shape index (κ3) is 2.87. The number of aromatic nitrogens is 3. The summed E-state index contributed by atoms with van der Waals surface area (Å²) in [6.07, 6.45) is 5.12. The van der Waals surface area contributed by atoms with E-state index < -0.39 is 0 Å². The predicted molar refractivity (Wildman–Crippen MR) is 121 cm³/mol. The lowest BCUT2D eigenvalue weighted by Gasteiger charge is -2.34. The van der Waals surface area contributed by atoms with E-state index in [9.17, 15) is 14.4 Å². The number of hydrogen-bond acceptors (Lipinski definition) is 6. The van der Waals surface area contributed by atoms with Crippen molar-refractivity contribution in [2.75, 3.05) is 31.1 Å². The van der Waals surface area contributed by atoms with E-state index in [0.29, 0.717) is 54.3 Å². The van der Waals surface area contributed by atoms with Crippen molar-refractivity contribution in [3.05, 3.63) is 95.1 Å². The molecule has 0 radical (unpaired) electrons. The number of carbonyl (C=O) groups excluding carboxylic acids is 3. The maximum Gasteiger partial charge on any atom is 0.256 e. The highest BCUT2D eigenvalue weighted by molar-refractivity contribution is 6.32. The zero-order valence-electron chi connectivity index (χ0n) is 17.6. The van der Waals surface area contributed by atoms with Gasteiger partial charge in [0.05, 0.1) is 16.6 Å². The van der Waals surface area contributed by atoms with E-state index in [4.69, 9.17) is 0 Å². The van der Waals surface area contributed by atoms with Gasteiger partial charge in [-0.1, -0.05) is 30.3 Å². The van der Waals surface area contributed by atoms with Crippen LogP contribution in [0, 0.1) is 0 Å². The van der Waals surface area contributed by atoms with Crippen LogP contribution in [0.2, 0.25) is 0 Å². The standard InChI is InChI=1S/C25H19N5O3/c31-22-16-6-1-2-7-17(16)23(32)21-20(22)19(18-8-3-4-11-30(18)21)24(33)28-12-14-29(15-13-28)25-26-9-5-10-27-25/h1-11H,12-15H2. The second-order valence-corrected chi connectivity index (χ2v) is 8.09. The third-order valence-corrected chi connectivity index (χ3v) is 6.32. The number of carbonyl (C=O) groups is 3. The third-order valence-electron chi connectivity index (χ3n) is 6.32. The van der Waals surface area contributed by atoms with Crippen LogP contribution in [0.15, 0.2) is 67.1 Å². The first kappa shape index (κ1) is 19.4. The molecule has 0 unspecified atom stereocenters. The zero-order valence-corrected chi connectivity index (χ0v) is 17.6. The van der Waals surface area contributed by atoms with Crippen LogP contribution in [-0.2, 0) is 0 Å². The van der Waals surface area contributed by atoms with Crippen molar-refractivity contribution >= 4 is 28.9 Å². The topological polar surface area (TPSA) is 87.9 Å². The van der Waals surface area contributed by atoms with Gasteiger partial charge in [-0.3, -0.25) is 14.4 Å². The molecule has 3 aromatic heterocycles. The first-order valence-corrected chi connectivity index (χ1v) is 10.8. The van der Waals surface area contributed by atoms with E-state index in [1.54, 1.807) is 70.4 Å². The fourth-order valence-electron chi connectivity index (χ4n) is 4.73. The van der Waals surface area contributed by atoms with Gasteiger partial charge in [0.1, 0.15) is 5.69 Å². The molecule has 4 heterocycles. The molecule has 0 N–H and O–H groups in total. The van der Waals surface area contributed by atoms with Crippen LogP contribution in [0.25, 0.3) is 5.52 Å². The number of hydrogen-bond donors (Lipinski definition) is 0. The minimum absolute atomic E-state index is 0.198. The lowest BCUT2D eigenvalue weighted by Crippen LogP contribution is -2.49. The number of benzene rings is 1. The molecule has 1 fully saturated rings. The van der Waals surface area contributed by atoms with E-state index in [2.05, 4.69) is 9.97 Å². The molecular formula is C25H19N5O3. The van der Waals surface area contributed by atoms with E-state index in [1.165, 1.54) is 0 Å². The molecule has 1 aliphatic heterocycles. The molecule has 6 rings (SSSR count). The molecule has 0 atom stereocenters. The molecule has 8 heteroatoms. The van der Waals surface area contributed by atoms with Gasteiger partial charge in [0, 0.05) is 55.9 Å². The number of piperazine rings is 1. The fourth-order valence-corrected chi connectivity index (χ4v) is 4.73. The molecule has 0 spiro atoms. The Hall–Kier alpha value is -4.33. The van der Waals surface area contributed by atoms with E-state index >= 15 is 0 Å². The Balaban J connectivity index is 1.41. The first-order chi connectivity index (χ1) is 16.1. The molecule has 162 valence electrons. The van der Waals surface area contributed by atoms with Crippen LogP contribution >= 0.6 is 0 Å². The van der Waals surface area contributed by atoms with E-state index in [1.807, 2.05) is 11.0 Å². The summed E-state index contributed by atoms with van der Waals surface area (Å²) in [6, 6.07) is 13.9. The number of amides is 1. The number of anilines is 1. The Bertz CT molecular complexity index is 1440. The van der Waals surface area contributed by atoms with E-state index in [0.717, 1.165) is 0 Å². The summed E-state index contributed by atoms with van der Waals surface area (Å²) in [5, 5.41) is 0. The second kappa shape index (κ2) is 7.37. The maximum atomic E-state index is 13.8. The molecule has 0 bridgehead atoms. The molecule has 4 aromatic rings. The SMILES string of the molecule is O=C1c2ccccc2C(=O)c2c1c(C(=O)N1CCN(c3ncccn3)CC1)c1ccccn21. The van der Waals surface area contributed by atoms with Gasteiger partial charge < -0.3 is 14.2 Å². The summed E-state index contributed by atoms with van der Waals surface area (Å²) in [7, 11) is 0. The van der Waals surface area contributed by atoms with Gasteiger partial charge in [-0.25, -0.2) is 9.97 Å². The van der Waals surface area contributed by atoms with Crippen molar-refractivity contribution < 1.29 is 14.4 Å². The van der Waals surface area contributed by atoms with Gasteiger partial charge in [0.2, 0.25) is 11.7 Å². The number of rotatable bonds is 2. The van der Waals surface area contributed by atoms with Crippen LogP contribution in [-0.4, -0.2) is 62.9 Å². The maximum absolute atomic E-state index is 13.8. The Morgan fingerprint density at radius 3 is 2.18 bits per heavy atom. The molecule has 2 aliphatic rings. The minimum atomic E-state index is -0.288. The van der Waals surface area contributed by atoms with Gasteiger partial charge in [0.25, 0.3) is 5.91 Å². The molecule has 1 saturated heterocycles. The van der Waals surface area contributed by atoms with E-state index in [-0.39, 0.29) is 28.7 Å². The lowest BCUT2D eigenvalue weighted by atomic mass is 9.86. The highest BCUT2D eigenvalue weighted by Crippen LogP contribution is 2.34. The molecule has 1 amide bonds. The molecular weight excluding hydrogens is 418 g/mol. The van der Waals surface area contributed by atoms with Gasteiger partial charge in [-0.2, -0.15) is 0 Å². The Morgan fingerprint density at radius 1 is 0.788 bits per heavy atom. The smallest absolute Gasteiger partial charge is 0.256 e. The number of ketones is 2. The lowest BCUT2D eigenvalue weighted by molar-refractivity contribution is 0.0744. The van der Waals surface area contributed by atoms with Crippen LogP contribution in [0.3, 0.4) is 0 Å². The van der Waals surface area contributed by atoms with Crippen LogP contribution in [0.5, 0.6) is 0 Å².